The van der Waals surface area contributed by atoms with E-state index >= 15 is 0 Å². The monoisotopic (exact) mass is 710 g/mol. The Balaban J connectivity index is 1.23. The van der Waals surface area contributed by atoms with Gasteiger partial charge < -0.3 is 50.9 Å². The zero-order valence-electron chi connectivity index (χ0n) is 27.5. The quantitative estimate of drug-likeness (QED) is 0.154. The Labute approximate surface area is 291 Å². The summed E-state index contributed by atoms with van der Waals surface area (Å²) < 4.78 is 24.9. The number of ether oxygens (including phenoxy) is 3. The Hall–Kier alpha value is -3.72. The molecule has 2 aromatic rings. The van der Waals surface area contributed by atoms with E-state index in [1.807, 2.05) is 13.0 Å². The van der Waals surface area contributed by atoms with Crippen LogP contribution in [0.4, 0.5) is 0 Å². The molecule has 1 aromatic carbocycles. The van der Waals surface area contributed by atoms with Gasteiger partial charge >= 0.3 is 5.97 Å². The fourth-order valence-corrected chi connectivity index (χ4v) is 9.63. The van der Waals surface area contributed by atoms with Crippen molar-refractivity contribution in [3.05, 3.63) is 80.3 Å². The molecule has 12 nitrogen and oxygen atoms in total. The summed E-state index contributed by atoms with van der Waals surface area (Å²) >= 11 is 0. The minimum atomic E-state index is -1.21. The highest BCUT2D eigenvalue weighted by molar-refractivity contribution is 8.76. The zero-order chi connectivity index (χ0) is 34.5. The fourth-order valence-electron chi connectivity index (χ4n) is 7.29. The highest BCUT2D eigenvalue weighted by atomic mass is 33.1. The van der Waals surface area contributed by atoms with Crippen molar-refractivity contribution in [2.75, 3.05) is 24.7 Å². The van der Waals surface area contributed by atoms with E-state index in [1.165, 1.54) is 6.07 Å². The van der Waals surface area contributed by atoms with E-state index in [0.29, 0.717) is 78.9 Å². The summed E-state index contributed by atoms with van der Waals surface area (Å²) in [6, 6.07) is 2.82. The van der Waals surface area contributed by atoms with Gasteiger partial charge in [-0.1, -0.05) is 33.7 Å². The molecular formula is C35H42N4O8S2. The van der Waals surface area contributed by atoms with Crippen LogP contribution in [-0.2, 0) is 20.7 Å². The number of nitrogens with one attached hydrogen (secondary N) is 2. The van der Waals surface area contributed by atoms with Crippen molar-refractivity contribution in [1.82, 2.24) is 10.6 Å². The number of aromatic hydroxyl groups is 1. The molecular weight excluding hydrogens is 669 g/mol. The molecule has 5 aliphatic rings. The number of phenolic OH excluding ortho intramolecular Hbond substituents is 1. The second kappa shape index (κ2) is 13.2. The van der Waals surface area contributed by atoms with Crippen molar-refractivity contribution in [3.63, 3.8) is 0 Å². The molecule has 14 heteroatoms. The maximum Gasteiger partial charge on any atom is 0.341 e. The zero-order valence-corrected chi connectivity index (χ0v) is 29.1. The SMILES string of the molecule is Cc1cc(=O)c2c(O)c3c(cc2o1)O[C@@]1(C)CCSSCC2=C(N)NCC=C2C2C=C(C=C(N)N2)CC[C@H]2O[C@]2(CCCO)C(=O)O[C@@H]1C3. The third-order valence-corrected chi connectivity index (χ3v) is 12.3. The van der Waals surface area contributed by atoms with Gasteiger partial charge in [0.05, 0.1) is 18.0 Å². The molecule has 0 spiro atoms. The first-order chi connectivity index (χ1) is 23.5. The number of fused-ring (bicyclic) bond motifs is 7. The molecule has 1 fully saturated rings. The van der Waals surface area contributed by atoms with E-state index < -0.39 is 29.4 Å². The summed E-state index contributed by atoms with van der Waals surface area (Å²) in [5.74, 6) is 2.53. The van der Waals surface area contributed by atoms with Gasteiger partial charge in [0, 0.05) is 60.8 Å². The third-order valence-electron chi connectivity index (χ3n) is 10.0. The number of hydrogen-bond acceptors (Lipinski definition) is 14. The predicted molar refractivity (Wildman–Crippen MR) is 189 cm³/mol. The Morgan fingerprint density at radius 2 is 2.00 bits per heavy atom. The van der Waals surface area contributed by atoms with E-state index in [1.54, 1.807) is 34.6 Å². The first-order valence-corrected chi connectivity index (χ1v) is 19.1. The molecule has 0 saturated carbocycles. The number of rotatable bonds is 3. The molecule has 1 unspecified atom stereocenters. The Morgan fingerprint density at radius 3 is 2.82 bits per heavy atom. The molecule has 0 amide bonds. The Kier molecular flexibility index (Phi) is 9.09. The summed E-state index contributed by atoms with van der Waals surface area (Å²) in [6.45, 7) is 4.10. The van der Waals surface area contributed by atoms with E-state index in [2.05, 4.69) is 22.8 Å². The summed E-state index contributed by atoms with van der Waals surface area (Å²) in [5.41, 5.74) is 14.0. The number of carbonyl (C=O) groups is 1. The van der Waals surface area contributed by atoms with Gasteiger partial charge in [-0.05, 0) is 56.8 Å². The maximum absolute atomic E-state index is 14.1. The molecule has 2 bridgehead atoms. The maximum atomic E-state index is 14.1. The fraction of sp³-hybridized carbons (Fsp3) is 0.486. The van der Waals surface area contributed by atoms with Crippen LogP contribution in [0.25, 0.3) is 11.0 Å². The molecule has 5 atom stereocenters. The molecule has 7 rings (SSSR count). The number of hydrogen-bond donors (Lipinski definition) is 6. The largest absolute Gasteiger partial charge is 0.507 e. The van der Waals surface area contributed by atoms with Crippen LogP contribution in [0.15, 0.2) is 67.9 Å². The molecule has 8 N–H and O–H groups in total. The lowest BCUT2D eigenvalue weighted by Crippen LogP contribution is -2.53. The number of esters is 1. The van der Waals surface area contributed by atoms with Crippen LogP contribution < -0.4 is 32.3 Å². The number of benzene rings is 1. The predicted octanol–water partition coefficient (Wildman–Crippen LogP) is 3.29. The molecule has 262 valence electrons. The minimum Gasteiger partial charge on any atom is -0.507 e. The Morgan fingerprint density at radius 1 is 1.16 bits per heavy atom. The summed E-state index contributed by atoms with van der Waals surface area (Å²) in [6.07, 6.45) is 7.42. The molecule has 1 aromatic heterocycles. The van der Waals surface area contributed by atoms with Crippen molar-refractivity contribution in [3.8, 4) is 11.5 Å². The van der Waals surface area contributed by atoms with E-state index in [-0.39, 0.29) is 41.2 Å². The number of phenols is 1. The third kappa shape index (κ3) is 6.39. The summed E-state index contributed by atoms with van der Waals surface area (Å²) in [4.78, 5) is 27.0. The number of aliphatic hydroxyl groups excluding tert-OH is 1. The first kappa shape index (κ1) is 33.8. The summed E-state index contributed by atoms with van der Waals surface area (Å²) in [5, 5.41) is 27.7. The first-order valence-electron chi connectivity index (χ1n) is 16.6. The number of aryl methyl sites for hydroxylation is 1. The van der Waals surface area contributed by atoms with Gasteiger partial charge in [0.15, 0.2) is 11.0 Å². The number of dihydropyridines is 2. The number of allylic oxidation sites excluding steroid dienone is 2. The molecule has 0 aliphatic carbocycles. The van der Waals surface area contributed by atoms with Gasteiger partial charge in [-0.15, -0.1) is 0 Å². The highest BCUT2D eigenvalue weighted by Gasteiger charge is 2.63. The van der Waals surface area contributed by atoms with Crippen molar-refractivity contribution < 1.29 is 33.6 Å². The number of nitrogens with two attached hydrogens (primary N) is 2. The van der Waals surface area contributed by atoms with Gasteiger partial charge in [-0.25, -0.2) is 4.79 Å². The second-order valence-corrected chi connectivity index (χ2v) is 16.0. The number of epoxide rings is 1. The molecule has 6 heterocycles. The van der Waals surface area contributed by atoms with Crippen molar-refractivity contribution in [2.45, 2.75) is 81.8 Å². The number of carbonyl (C=O) groups excluding carboxylic acids is 1. The van der Waals surface area contributed by atoms with Gasteiger partial charge in [-0.2, -0.15) is 0 Å². The number of aliphatic hydroxyl groups is 1. The van der Waals surface area contributed by atoms with Crippen LogP contribution in [-0.4, -0.2) is 70.3 Å². The van der Waals surface area contributed by atoms with Crippen molar-refractivity contribution in [2.24, 2.45) is 11.5 Å². The average molecular weight is 711 g/mol. The van der Waals surface area contributed by atoms with Gasteiger partial charge in [0.25, 0.3) is 0 Å². The Bertz CT molecular complexity index is 1870. The van der Waals surface area contributed by atoms with Gasteiger partial charge in [-0.3, -0.25) is 4.79 Å². The van der Waals surface area contributed by atoms with Crippen molar-refractivity contribution in [1.29, 1.82) is 0 Å². The smallest absolute Gasteiger partial charge is 0.341 e. The minimum absolute atomic E-state index is 0.0587. The lowest BCUT2D eigenvalue weighted by molar-refractivity contribution is -0.169. The van der Waals surface area contributed by atoms with Crippen LogP contribution >= 0.6 is 21.6 Å². The van der Waals surface area contributed by atoms with Crippen molar-refractivity contribution >= 4 is 38.5 Å². The molecule has 1 saturated heterocycles. The molecule has 49 heavy (non-hydrogen) atoms. The lowest BCUT2D eigenvalue weighted by Gasteiger charge is -2.42. The topological polar surface area (TPSA) is 195 Å². The normalized spacial score (nSPS) is 30.2. The second-order valence-electron chi connectivity index (χ2n) is 13.4. The van der Waals surface area contributed by atoms with Crippen LogP contribution in [0.3, 0.4) is 0 Å². The van der Waals surface area contributed by atoms with Gasteiger partial charge in [0.1, 0.15) is 45.8 Å². The van der Waals surface area contributed by atoms with Crippen LogP contribution in [0.2, 0.25) is 0 Å². The van der Waals surface area contributed by atoms with E-state index in [9.17, 15) is 19.8 Å². The molecule has 5 aliphatic heterocycles. The van der Waals surface area contributed by atoms with Crippen LogP contribution in [0.1, 0.15) is 50.4 Å². The molecule has 0 radical (unpaired) electrons. The highest BCUT2D eigenvalue weighted by Crippen LogP contribution is 2.49. The van der Waals surface area contributed by atoms with Crippen LogP contribution in [0, 0.1) is 6.92 Å². The van der Waals surface area contributed by atoms with Gasteiger partial charge in [0.2, 0.25) is 0 Å². The average Bonchev–Trinajstić information content (AvgIpc) is 3.77. The van der Waals surface area contributed by atoms with E-state index in [4.69, 9.17) is 30.1 Å². The lowest BCUT2D eigenvalue weighted by atomic mass is 9.86. The summed E-state index contributed by atoms with van der Waals surface area (Å²) in [7, 11) is 3.33. The van der Waals surface area contributed by atoms with E-state index in [0.717, 1.165) is 16.7 Å². The standard InChI is InChI=1S/C35H42N4O8S2/c1-18-12-24(41)30-26(44-18)16-25-21(31(30)42)15-28-34(2,46-25)8-11-48-49-17-22-20(6-9-38-32(22)37)23-13-19(14-29(36)39-23)4-5-27-35(47-27,7-3-10-40)33(43)45-28/h6,12-14,16,23,27-28,38-40,42H,3-5,7-11,15,17,36-37H2,1-2H3/t23?,27-,28-,34+,35+/m1/s1. The van der Waals surface area contributed by atoms with Crippen LogP contribution in [0.5, 0.6) is 11.5 Å².